The van der Waals surface area contributed by atoms with Gasteiger partial charge in [0.05, 0.1) is 0 Å². The van der Waals surface area contributed by atoms with E-state index >= 15 is 0 Å². The summed E-state index contributed by atoms with van der Waals surface area (Å²) in [5.41, 5.74) is 0. The van der Waals surface area contributed by atoms with Crippen LogP contribution in [-0.4, -0.2) is 26.5 Å². The number of piperidine rings is 1. The summed E-state index contributed by atoms with van der Waals surface area (Å²) in [5, 5.41) is 4.99. The zero-order valence-corrected chi connectivity index (χ0v) is 9.78. The molecule has 1 aromatic heterocycles. The van der Waals surface area contributed by atoms with Crippen LogP contribution in [0, 0.1) is 0 Å². The Kier molecular flexibility index (Phi) is 3.11. The fourth-order valence-corrected chi connectivity index (χ4v) is 2.35. The van der Waals surface area contributed by atoms with Gasteiger partial charge < -0.3 is 4.90 Å². The first-order chi connectivity index (χ1) is 7.57. The minimum Gasteiger partial charge on any atom is -0.357 e. The lowest BCUT2D eigenvalue weighted by Crippen LogP contribution is -2.30. The molecule has 0 atom stereocenters. The van der Waals surface area contributed by atoms with E-state index in [4.69, 9.17) is 5.14 Å². The van der Waals surface area contributed by atoms with Crippen LogP contribution in [-0.2, 0) is 10.0 Å². The van der Waals surface area contributed by atoms with Crippen LogP contribution in [0.1, 0.15) is 19.3 Å². The van der Waals surface area contributed by atoms with E-state index in [2.05, 4.69) is 9.88 Å². The maximum Gasteiger partial charge on any atom is 0.255 e. The molecular formula is C10H15N3O2S. The lowest BCUT2D eigenvalue weighted by molar-refractivity contribution is 0.570. The molecule has 88 valence electrons. The van der Waals surface area contributed by atoms with Crippen molar-refractivity contribution < 1.29 is 8.42 Å². The summed E-state index contributed by atoms with van der Waals surface area (Å²) in [7, 11) is -3.70. The number of nitrogens with two attached hydrogens (primary N) is 1. The Morgan fingerprint density at radius 3 is 2.50 bits per heavy atom. The summed E-state index contributed by atoms with van der Waals surface area (Å²) in [4.78, 5) is 6.18. The summed E-state index contributed by atoms with van der Waals surface area (Å²) in [6.07, 6.45) is 3.48. The van der Waals surface area contributed by atoms with Gasteiger partial charge in [-0.25, -0.2) is 18.5 Å². The van der Waals surface area contributed by atoms with Crippen molar-refractivity contribution in [3.05, 3.63) is 18.2 Å². The van der Waals surface area contributed by atoms with Crippen LogP contribution < -0.4 is 10.0 Å². The zero-order chi connectivity index (χ0) is 11.6. The molecule has 0 spiro atoms. The molecule has 1 aliphatic heterocycles. The normalized spacial score (nSPS) is 17.4. The second kappa shape index (κ2) is 4.39. The van der Waals surface area contributed by atoms with Crippen LogP contribution in [0.25, 0.3) is 0 Å². The fraction of sp³-hybridized carbons (Fsp3) is 0.500. The molecular weight excluding hydrogens is 226 g/mol. The molecule has 1 aromatic rings. The molecule has 0 aliphatic carbocycles. The van der Waals surface area contributed by atoms with Crippen molar-refractivity contribution in [2.24, 2.45) is 5.14 Å². The molecule has 5 nitrogen and oxygen atoms in total. The molecule has 0 radical (unpaired) electrons. The number of pyridine rings is 1. The predicted molar refractivity (Wildman–Crippen MR) is 61.7 cm³/mol. The SMILES string of the molecule is NS(=O)(=O)c1cccc(N2CCCCC2)n1. The summed E-state index contributed by atoms with van der Waals surface area (Å²) >= 11 is 0. The van der Waals surface area contributed by atoms with Gasteiger partial charge in [-0.1, -0.05) is 6.07 Å². The summed E-state index contributed by atoms with van der Waals surface area (Å²) < 4.78 is 22.3. The van der Waals surface area contributed by atoms with Crippen molar-refractivity contribution in [2.45, 2.75) is 24.3 Å². The van der Waals surface area contributed by atoms with Crippen molar-refractivity contribution in [2.75, 3.05) is 18.0 Å². The van der Waals surface area contributed by atoms with E-state index in [0.29, 0.717) is 5.82 Å². The molecule has 0 unspecified atom stereocenters. The van der Waals surface area contributed by atoms with Crippen LogP contribution in [0.2, 0.25) is 0 Å². The highest BCUT2D eigenvalue weighted by atomic mass is 32.2. The number of hydrogen-bond donors (Lipinski definition) is 1. The highest BCUT2D eigenvalue weighted by Gasteiger charge is 2.15. The maximum absolute atomic E-state index is 11.2. The van der Waals surface area contributed by atoms with Gasteiger partial charge in [0.25, 0.3) is 10.0 Å². The lowest BCUT2D eigenvalue weighted by Gasteiger charge is -2.27. The highest BCUT2D eigenvalue weighted by molar-refractivity contribution is 7.89. The number of hydrogen-bond acceptors (Lipinski definition) is 4. The third-order valence-electron chi connectivity index (χ3n) is 2.68. The van der Waals surface area contributed by atoms with Gasteiger partial charge in [-0.05, 0) is 31.4 Å². The lowest BCUT2D eigenvalue weighted by atomic mass is 10.1. The number of primary sulfonamides is 1. The number of nitrogens with zero attached hydrogens (tertiary/aromatic N) is 2. The Balaban J connectivity index is 2.28. The van der Waals surface area contributed by atoms with Gasteiger partial charge in [0.15, 0.2) is 5.03 Å². The van der Waals surface area contributed by atoms with Crippen LogP contribution in [0.5, 0.6) is 0 Å². The van der Waals surface area contributed by atoms with E-state index in [1.165, 1.54) is 12.5 Å². The second-order valence-corrected chi connectivity index (χ2v) is 5.44. The van der Waals surface area contributed by atoms with Crippen LogP contribution in [0.3, 0.4) is 0 Å². The van der Waals surface area contributed by atoms with Crippen molar-refractivity contribution in [1.82, 2.24) is 4.98 Å². The summed E-state index contributed by atoms with van der Waals surface area (Å²) in [6, 6.07) is 4.92. The topological polar surface area (TPSA) is 76.3 Å². The minimum absolute atomic E-state index is 0.0597. The minimum atomic E-state index is -3.70. The molecule has 0 bridgehead atoms. The molecule has 0 amide bonds. The van der Waals surface area contributed by atoms with Crippen LogP contribution in [0.4, 0.5) is 5.82 Å². The van der Waals surface area contributed by atoms with Gasteiger partial charge in [-0.3, -0.25) is 0 Å². The van der Waals surface area contributed by atoms with Crippen molar-refractivity contribution in [3.8, 4) is 0 Å². The average molecular weight is 241 g/mol. The largest absolute Gasteiger partial charge is 0.357 e. The standard InChI is InChI=1S/C10H15N3O2S/c11-16(14,15)10-6-4-5-9(12-10)13-7-2-1-3-8-13/h4-6H,1-3,7-8H2,(H2,11,14,15). The highest BCUT2D eigenvalue weighted by Crippen LogP contribution is 2.18. The molecule has 16 heavy (non-hydrogen) atoms. The first kappa shape index (κ1) is 11.3. The van der Waals surface area contributed by atoms with E-state index in [1.807, 2.05) is 6.07 Å². The number of sulfonamides is 1. The van der Waals surface area contributed by atoms with E-state index in [1.54, 1.807) is 6.07 Å². The van der Waals surface area contributed by atoms with Gasteiger partial charge in [-0.15, -0.1) is 0 Å². The first-order valence-electron chi connectivity index (χ1n) is 5.32. The Bertz CT molecular complexity index is 467. The van der Waals surface area contributed by atoms with Gasteiger partial charge in [-0.2, -0.15) is 0 Å². The predicted octanol–water partition coefficient (Wildman–Crippen LogP) is 0.719. The van der Waals surface area contributed by atoms with E-state index < -0.39 is 10.0 Å². The van der Waals surface area contributed by atoms with Gasteiger partial charge in [0.2, 0.25) is 0 Å². The molecule has 2 N–H and O–H groups in total. The molecule has 2 rings (SSSR count). The quantitative estimate of drug-likeness (QED) is 0.827. The van der Waals surface area contributed by atoms with E-state index in [9.17, 15) is 8.42 Å². The van der Waals surface area contributed by atoms with Crippen molar-refractivity contribution in [1.29, 1.82) is 0 Å². The third kappa shape index (κ3) is 2.51. The van der Waals surface area contributed by atoms with Crippen molar-refractivity contribution in [3.63, 3.8) is 0 Å². The molecule has 1 saturated heterocycles. The monoisotopic (exact) mass is 241 g/mol. The smallest absolute Gasteiger partial charge is 0.255 e. The Labute approximate surface area is 95.3 Å². The van der Waals surface area contributed by atoms with Gasteiger partial charge in [0.1, 0.15) is 5.82 Å². The third-order valence-corrected chi connectivity index (χ3v) is 3.49. The summed E-state index contributed by atoms with van der Waals surface area (Å²) in [6.45, 7) is 1.86. The van der Waals surface area contributed by atoms with Crippen LogP contribution >= 0.6 is 0 Å². The molecule has 6 heteroatoms. The Morgan fingerprint density at radius 1 is 1.19 bits per heavy atom. The van der Waals surface area contributed by atoms with Gasteiger partial charge in [0, 0.05) is 13.1 Å². The van der Waals surface area contributed by atoms with E-state index in [0.717, 1.165) is 25.9 Å². The average Bonchev–Trinajstić information content (AvgIpc) is 2.29. The molecule has 1 aliphatic rings. The molecule has 1 fully saturated rings. The fourth-order valence-electron chi connectivity index (χ4n) is 1.86. The molecule has 0 saturated carbocycles. The van der Waals surface area contributed by atoms with Crippen molar-refractivity contribution >= 4 is 15.8 Å². The Hall–Kier alpha value is -1.14. The Morgan fingerprint density at radius 2 is 1.88 bits per heavy atom. The number of aromatic nitrogens is 1. The first-order valence-corrected chi connectivity index (χ1v) is 6.87. The number of anilines is 1. The molecule has 0 aromatic carbocycles. The number of rotatable bonds is 2. The van der Waals surface area contributed by atoms with Crippen LogP contribution in [0.15, 0.2) is 23.2 Å². The maximum atomic E-state index is 11.2. The molecule has 2 heterocycles. The van der Waals surface area contributed by atoms with Gasteiger partial charge >= 0.3 is 0 Å². The second-order valence-electron chi connectivity index (χ2n) is 3.93. The van der Waals surface area contributed by atoms with E-state index in [-0.39, 0.29) is 5.03 Å². The summed E-state index contributed by atoms with van der Waals surface area (Å²) in [5.74, 6) is 0.700. The zero-order valence-electron chi connectivity index (χ0n) is 8.96.